The maximum Gasteiger partial charge on any atom is 0.244 e. The van der Waals surface area contributed by atoms with E-state index in [-0.39, 0.29) is 11.4 Å². The minimum absolute atomic E-state index is 0.130. The van der Waals surface area contributed by atoms with E-state index in [1.807, 2.05) is 12.3 Å². The lowest BCUT2D eigenvalue weighted by atomic mass is 10.5. The number of hydrogen-bond acceptors (Lipinski definition) is 6. The minimum Gasteiger partial charge on any atom is -0.372 e. The maximum absolute atomic E-state index is 12.2. The number of sulfonamides is 1. The Bertz CT molecular complexity index is 667. The zero-order chi connectivity index (χ0) is 13.9. The molecule has 0 aliphatic heterocycles. The van der Waals surface area contributed by atoms with E-state index in [0.717, 1.165) is 10.7 Å². The first-order chi connectivity index (χ1) is 9.03. The van der Waals surface area contributed by atoms with Crippen molar-refractivity contribution in [1.82, 2.24) is 14.7 Å². The number of rotatable bonds is 5. The van der Waals surface area contributed by atoms with Crippen molar-refractivity contribution < 1.29 is 8.42 Å². The van der Waals surface area contributed by atoms with Gasteiger partial charge in [-0.2, -0.15) is 0 Å². The number of thiazole rings is 1. The lowest BCUT2D eigenvalue weighted by Gasteiger charge is -2.09. The number of anilines is 1. The van der Waals surface area contributed by atoms with Crippen LogP contribution in [0.25, 0.3) is 0 Å². The zero-order valence-electron chi connectivity index (χ0n) is 10.5. The summed E-state index contributed by atoms with van der Waals surface area (Å²) in [5.41, 5.74) is 0.886. The number of pyridine rings is 1. The van der Waals surface area contributed by atoms with Crippen LogP contribution < -0.4 is 10.0 Å². The van der Waals surface area contributed by atoms with Crippen LogP contribution in [-0.2, 0) is 16.6 Å². The lowest BCUT2D eigenvalue weighted by Crippen LogP contribution is -2.24. The Balaban J connectivity index is 2.18. The largest absolute Gasteiger partial charge is 0.372 e. The summed E-state index contributed by atoms with van der Waals surface area (Å²) in [6.45, 7) is 2.05. The van der Waals surface area contributed by atoms with Gasteiger partial charge in [-0.15, -0.1) is 11.3 Å². The van der Waals surface area contributed by atoms with Gasteiger partial charge in [0.05, 0.1) is 6.54 Å². The summed E-state index contributed by atoms with van der Waals surface area (Å²) >= 11 is 1.43. The third-order valence-corrected chi connectivity index (χ3v) is 4.78. The Morgan fingerprint density at radius 3 is 2.84 bits per heavy atom. The van der Waals surface area contributed by atoms with E-state index in [0.29, 0.717) is 5.82 Å². The smallest absolute Gasteiger partial charge is 0.244 e. The number of nitrogens with zero attached hydrogens (tertiary/aromatic N) is 2. The molecule has 0 aliphatic rings. The van der Waals surface area contributed by atoms with Crippen molar-refractivity contribution in [3.05, 3.63) is 34.4 Å². The standard InChI is InChI=1S/C11H14N4O2S2/c1-8-7-18-10(15-8)6-14-19(16,17)9-4-3-5-13-11(9)12-2/h3-5,7,14H,6H2,1-2H3,(H,12,13). The predicted molar refractivity (Wildman–Crippen MR) is 74.7 cm³/mol. The van der Waals surface area contributed by atoms with Gasteiger partial charge >= 0.3 is 0 Å². The molecule has 2 N–H and O–H groups in total. The third-order valence-electron chi connectivity index (χ3n) is 2.38. The van der Waals surface area contributed by atoms with Gasteiger partial charge in [-0.1, -0.05) is 0 Å². The lowest BCUT2D eigenvalue weighted by molar-refractivity contribution is 0.581. The van der Waals surface area contributed by atoms with E-state index >= 15 is 0 Å². The van der Waals surface area contributed by atoms with Crippen molar-refractivity contribution in [1.29, 1.82) is 0 Å². The molecule has 2 aromatic heterocycles. The molecule has 2 aromatic rings. The van der Waals surface area contributed by atoms with Crippen molar-refractivity contribution >= 4 is 27.2 Å². The van der Waals surface area contributed by atoms with Crippen molar-refractivity contribution in [2.75, 3.05) is 12.4 Å². The highest BCUT2D eigenvalue weighted by Crippen LogP contribution is 2.18. The van der Waals surface area contributed by atoms with Gasteiger partial charge in [-0.25, -0.2) is 23.1 Å². The molecule has 19 heavy (non-hydrogen) atoms. The number of aromatic nitrogens is 2. The summed E-state index contributed by atoms with van der Waals surface area (Å²) in [4.78, 5) is 8.32. The summed E-state index contributed by atoms with van der Waals surface area (Å²) in [6.07, 6.45) is 1.54. The Morgan fingerprint density at radius 2 is 2.21 bits per heavy atom. The second kappa shape index (κ2) is 5.64. The molecule has 0 amide bonds. The van der Waals surface area contributed by atoms with Crippen LogP contribution in [0.5, 0.6) is 0 Å². The highest BCUT2D eigenvalue weighted by atomic mass is 32.2. The highest BCUT2D eigenvalue weighted by Gasteiger charge is 2.18. The van der Waals surface area contributed by atoms with Crippen LogP contribution >= 0.6 is 11.3 Å². The normalized spacial score (nSPS) is 11.5. The van der Waals surface area contributed by atoms with Gasteiger partial charge in [0.1, 0.15) is 15.7 Å². The van der Waals surface area contributed by atoms with Crippen LogP contribution in [0.3, 0.4) is 0 Å². The minimum atomic E-state index is -3.60. The van der Waals surface area contributed by atoms with Crippen molar-refractivity contribution in [2.24, 2.45) is 0 Å². The number of aryl methyl sites for hydroxylation is 1. The molecule has 0 unspecified atom stereocenters. The van der Waals surface area contributed by atoms with Crippen LogP contribution in [0.1, 0.15) is 10.7 Å². The monoisotopic (exact) mass is 298 g/mol. The molecule has 8 heteroatoms. The summed E-state index contributed by atoms with van der Waals surface area (Å²) in [6, 6.07) is 3.09. The number of hydrogen-bond donors (Lipinski definition) is 2. The molecule has 2 heterocycles. The summed E-state index contributed by atoms with van der Waals surface area (Å²) in [5.74, 6) is 0.324. The first-order valence-electron chi connectivity index (χ1n) is 5.56. The second-order valence-electron chi connectivity index (χ2n) is 3.81. The maximum atomic E-state index is 12.2. The van der Waals surface area contributed by atoms with Crippen LogP contribution in [-0.4, -0.2) is 25.4 Å². The molecule has 102 valence electrons. The molecule has 2 rings (SSSR count). The van der Waals surface area contributed by atoms with Gasteiger partial charge < -0.3 is 5.32 Å². The molecule has 0 saturated carbocycles. The molecule has 0 bridgehead atoms. The van der Waals surface area contributed by atoms with Gasteiger partial charge in [-0.3, -0.25) is 0 Å². The first kappa shape index (κ1) is 13.9. The Kier molecular flexibility index (Phi) is 4.13. The van der Waals surface area contributed by atoms with Gasteiger partial charge in [0.15, 0.2) is 0 Å². The zero-order valence-corrected chi connectivity index (χ0v) is 12.2. The molecule has 0 aromatic carbocycles. The average Bonchev–Trinajstić information content (AvgIpc) is 2.82. The number of nitrogens with one attached hydrogen (secondary N) is 2. The van der Waals surface area contributed by atoms with E-state index in [1.54, 1.807) is 13.1 Å². The van der Waals surface area contributed by atoms with Crippen LogP contribution in [0, 0.1) is 6.92 Å². The Labute approximate surface area is 116 Å². The van der Waals surface area contributed by atoms with Crippen molar-refractivity contribution in [3.63, 3.8) is 0 Å². The molecule has 0 radical (unpaired) electrons. The van der Waals surface area contributed by atoms with Crippen molar-refractivity contribution in [3.8, 4) is 0 Å². The van der Waals surface area contributed by atoms with Crippen LogP contribution in [0.4, 0.5) is 5.82 Å². The van der Waals surface area contributed by atoms with Gasteiger partial charge in [0.25, 0.3) is 0 Å². The van der Waals surface area contributed by atoms with Crippen LogP contribution in [0.15, 0.2) is 28.6 Å². The topological polar surface area (TPSA) is 84.0 Å². The fraction of sp³-hybridized carbons (Fsp3) is 0.273. The molecule has 0 saturated heterocycles. The van der Waals surface area contributed by atoms with Crippen molar-refractivity contribution in [2.45, 2.75) is 18.4 Å². The predicted octanol–water partition coefficient (Wildman–Crippen LogP) is 1.37. The first-order valence-corrected chi connectivity index (χ1v) is 7.92. The fourth-order valence-corrected chi connectivity index (χ4v) is 3.47. The molecule has 0 aliphatic carbocycles. The van der Waals surface area contributed by atoms with E-state index in [2.05, 4.69) is 20.0 Å². The quantitative estimate of drug-likeness (QED) is 0.871. The summed E-state index contributed by atoms with van der Waals surface area (Å²) in [5, 5.41) is 5.37. The molecular formula is C11H14N4O2S2. The van der Waals surface area contributed by atoms with E-state index in [9.17, 15) is 8.42 Å². The van der Waals surface area contributed by atoms with Gasteiger partial charge in [-0.05, 0) is 19.1 Å². The summed E-state index contributed by atoms with van der Waals surface area (Å²) in [7, 11) is -1.97. The van der Waals surface area contributed by atoms with E-state index in [1.165, 1.54) is 23.6 Å². The van der Waals surface area contributed by atoms with Crippen LogP contribution in [0.2, 0.25) is 0 Å². The second-order valence-corrected chi connectivity index (χ2v) is 6.49. The Hall–Kier alpha value is -1.51. The average molecular weight is 298 g/mol. The third kappa shape index (κ3) is 3.28. The molecular weight excluding hydrogens is 284 g/mol. The van der Waals surface area contributed by atoms with Gasteiger partial charge in [0.2, 0.25) is 10.0 Å². The summed E-state index contributed by atoms with van der Waals surface area (Å²) < 4.78 is 26.9. The highest BCUT2D eigenvalue weighted by molar-refractivity contribution is 7.89. The molecule has 0 atom stereocenters. The Morgan fingerprint density at radius 1 is 1.42 bits per heavy atom. The molecule has 6 nitrogen and oxygen atoms in total. The fourth-order valence-electron chi connectivity index (χ4n) is 1.51. The van der Waals surface area contributed by atoms with Gasteiger partial charge in [0, 0.05) is 24.3 Å². The molecule has 0 spiro atoms. The van der Waals surface area contributed by atoms with E-state index in [4.69, 9.17) is 0 Å². The SMILES string of the molecule is CNc1ncccc1S(=O)(=O)NCc1nc(C)cs1. The van der Waals surface area contributed by atoms with E-state index < -0.39 is 10.0 Å². The molecule has 0 fully saturated rings.